The third kappa shape index (κ3) is 4.51. The number of amides is 1. The second-order valence-electron chi connectivity index (χ2n) is 7.81. The quantitative estimate of drug-likeness (QED) is 0.608. The number of sulfonamides is 1. The fourth-order valence-corrected chi connectivity index (χ4v) is 5.18. The molecule has 168 valence electrons. The molecule has 0 spiro atoms. The van der Waals surface area contributed by atoms with Gasteiger partial charge >= 0.3 is 0 Å². The fraction of sp³-hybridized carbons (Fsp3) is 0.318. The number of anilines is 2. The first-order valence-corrected chi connectivity index (χ1v) is 11.8. The molecule has 0 radical (unpaired) electrons. The molecule has 10 heteroatoms. The standard InChI is InChI=1S/C22H25N5O4S/c1-26(2)20-9-8-17(32(29,30)27-11-4-3-5-12-27)13-18(20)24-22(28)19-14-21(31-25-19)16-7-6-10-23-15-16/h6-10,13-15H,3-5,11-12H2,1-2H3,(H,24,28). The van der Waals surface area contributed by atoms with Crippen molar-refractivity contribution in [2.75, 3.05) is 37.4 Å². The van der Waals surface area contributed by atoms with Crippen LogP contribution in [0.3, 0.4) is 0 Å². The van der Waals surface area contributed by atoms with Gasteiger partial charge in [-0.15, -0.1) is 0 Å². The first-order chi connectivity index (χ1) is 15.4. The highest BCUT2D eigenvalue weighted by molar-refractivity contribution is 7.89. The lowest BCUT2D eigenvalue weighted by Crippen LogP contribution is -2.35. The number of benzene rings is 1. The van der Waals surface area contributed by atoms with E-state index in [-0.39, 0.29) is 10.6 Å². The molecule has 0 unspecified atom stereocenters. The summed E-state index contributed by atoms with van der Waals surface area (Å²) in [5, 5.41) is 6.64. The van der Waals surface area contributed by atoms with Crippen LogP contribution in [0.2, 0.25) is 0 Å². The Balaban J connectivity index is 1.61. The number of rotatable bonds is 6. The largest absolute Gasteiger partial charge is 0.376 e. The van der Waals surface area contributed by atoms with E-state index in [2.05, 4.69) is 15.5 Å². The van der Waals surface area contributed by atoms with Gasteiger partial charge in [0.2, 0.25) is 10.0 Å². The third-order valence-electron chi connectivity index (χ3n) is 5.34. The average Bonchev–Trinajstić information content (AvgIpc) is 3.31. The van der Waals surface area contributed by atoms with Gasteiger partial charge in [0.05, 0.1) is 16.3 Å². The molecule has 32 heavy (non-hydrogen) atoms. The SMILES string of the molecule is CN(C)c1ccc(S(=O)(=O)N2CCCCC2)cc1NC(=O)c1cc(-c2cccnc2)on1. The van der Waals surface area contributed by atoms with E-state index < -0.39 is 15.9 Å². The summed E-state index contributed by atoms with van der Waals surface area (Å²) < 4.78 is 33.0. The number of hydrogen-bond donors (Lipinski definition) is 1. The highest BCUT2D eigenvalue weighted by atomic mass is 32.2. The zero-order valence-corrected chi connectivity index (χ0v) is 18.8. The van der Waals surface area contributed by atoms with Gasteiger partial charge in [-0.25, -0.2) is 8.42 Å². The second kappa shape index (κ2) is 9.09. The molecule has 2 aromatic heterocycles. The van der Waals surface area contributed by atoms with Crippen molar-refractivity contribution in [1.82, 2.24) is 14.4 Å². The van der Waals surface area contributed by atoms with E-state index in [0.717, 1.165) is 19.3 Å². The Kier molecular flexibility index (Phi) is 6.24. The maximum Gasteiger partial charge on any atom is 0.277 e. The zero-order valence-electron chi connectivity index (χ0n) is 18.0. The van der Waals surface area contributed by atoms with E-state index in [1.807, 2.05) is 14.1 Å². The van der Waals surface area contributed by atoms with Crippen LogP contribution in [0, 0.1) is 0 Å². The van der Waals surface area contributed by atoms with Crippen molar-refractivity contribution < 1.29 is 17.7 Å². The van der Waals surface area contributed by atoms with E-state index in [1.165, 1.54) is 16.4 Å². The number of hydrogen-bond acceptors (Lipinski definition) is 7. The summed E-state index contributed by atoms with van der Waals surface area (Å²) in [4.78, 5) is 18.9. The summed E-state index contributed by atoms with van der Waals surface area (Å²) in [6.45, 7) is 1.02. The molecule has 0 bridgehead atoms. The molecule has 1 saturated heterocycles. The molecule has 3 aromatic rings. The first kappa shape index (κ1) is 22.0. The number of carbonyl (C=O) groups is 1. The van der Waals surface area contributed by atoms with Gasteiger partial charge in [-0.1, -0.05) is 11.6 Å². The van der Waals surface area contributed by atoms with Gasteiger partial charge in [-0.05, 0) is 43.2 Å². The summed E-state index contributed by atoms with van der Waals surface area (Å²) in [6, 6.07) is 9.85. The molecule has 1 fully saturated rings. The van der Waals surface area contributed by atoms with Crippen molar-refractivity contribution >= 4 is 27.3 Å². The molecule has 9 nitrogen and oxygen atoms in total. The minimum absolute atomic E-state index is 0.0813. The Morgan fingerprint density at radius 2 is 1.91 bits per heavy atom. The number of aromatic nitrogens is 2. The summed E-state index contributed by atoms with van der Waals surface area (Å²) >= 11 is 0. The van der Waals surface area contributed by atoms with Crippen LogP contribution in [-0.2, 0) is 10.0 Å². The molecule has 0 saturated carbocycles. The predicted molar refractivity (Wildman–Crippen MR) is 121 cm³/mol. The molecule has 1 amide bonds. The van der Waals surface area contributed by atoms with Gasteiger partial charge in [-0.2, -0.15) is 4.31 Å². The predicted octanol–water partition coefficient (Wildman–Crippen LogP) is 3.23. The van der Waals surface area contributed by atoms with Gasteiger partial charge in [0.15, 0.2) is 11.5 Å². The highest BCUT2D eigenvalue weighted by Crippen LogP contribution is 2.30. The molecule has 0 atom stereocenters. The van der Waals surface area contributed by atoms with Gasteiger partial charge in [0.1, 0.15) is 0 Å². The lowest BCUT2D eigenvalue weighted by atomic mass is 10.2. The van der Waals surface area contributed by atoms with Crippen molar-refractivity contribution in [3.8, 4) is 11.3 Å². The second-order valence-corrected chi connectivity index (χ2v) is 9.75. The van der Waals surface area contributed by atoms with Crippen molar-refractivity contribution in [2.24, 2.45) is 0 Å². The molecule has 1 aliphatic heterocycles. The van der Waals surface area contributed by atoms with E-state index in [9.17, 15) is 13.2 Å². The molecule has 0 aliphatic carbocycles. The Labute approximate surface area is 187 Å². The smallest absolute Gasteiger partial charge is 0.277 e. The van der Waals surface area contributed by atoms with Crippen LogP contribution >= 0.6 is 0 Å². The third-order valence-corrected chi connectivity index (χ3v) is 7.23. The lowest BCUT2D eigenvalue weighted by molar-refractivity contribution is 0.101. The average molecular weight is 456 g/mol. The number of pyridine rings is 1. The lowest BCUT2D eigenvalue weighted by Gasteiger charge is -2.26. The van der Waals surface area contributed by atoms with Gasteiger partial charge in [0.25, 0.3) is 5.91 Å². The summed E-state index contributed by atoms with van der Waals surface area (Å²) in [5.74, 6) is -0.0861. The number of nitrogens with zero attached hydrogens (tertiary/aromatic N) is 4. The minimum atomic E-state index is -3.64. The van der Waals surface area contributed by atoms with Crippen molar-refractivity contribution in [2.45, 2.75) is 24.2 Å². The van der Waals surface area contributed by atoms with Crippen LogP contribution in [0.4, 0.5) is 11.4 Å². The summed E-state index contributed by atoms with van der Waals surface area (Å²) in [5.41, 5.74) is 1.83. The summed E-state index contributed by atoms with van der Waals surface area (Å²) in [7, 11) is 0.00279. The molecular weight excluding hydrogens is 430 g/mol. The van der Waals surface area contributed by atoms with E-state index >= 15 is 0 Å². The van der Waals surface area contributed by atoms with Gasteiger partial charge in [-0.3, -0.25) is 9.78 Å². The Morgan fingerprint density at radius 3 is 2.59 bits per heavy atom. The van der Waals surface area contributed by atoms with Crippen molar-refractivity contribution in [3.05, 3.63) is 54.5 Å². The minimum Gasteiger partial charge on any atom is -0.376 e. The topological polar surface area (TPSA) is 109 Å². The highest BCUT2D eigenvalue weighted by Gasteiger charge is 2.27. The van der Waals surface area contributed by atoms with Crippen LogP contribution in [0.5, 0.6) is 0 Å². The normalized spacial score (nSPS) is 14.8. The van der Waals surface area contributed by atoms with Crippen molar-refractivity contribution in [1.29, 1.82) is 0 Å². The number of nitrogens with one attached hydrogen (secondary N) is 1. The number of piperidine rings is 1. The molecule has 1 aromatic carbocycles. The molecular formula is C22H25N5O4S. The number of carbonyl (C=O) groups excluding carboxylic acids is 1. The Bertz CT molecular complexity index is 1200. The molecule has 1 N–H and O–H groups in total. The van der Waals surface area contributed by atoms with E-state index in [4.69, 9.17) is 4.52 Å². The molecule has 1 aliphatic rings. The molecule has 4 rings (SSSR count). The van der Waals surface area contributed by atoms with Crippen LogP contribution in [0.15, 0.2) is 58.2 Å². The Hall–Kier alpha value is -3.24. The van der Waals surface area contributed by atoms with E-state index in [1.54, 1.807) is 41.6 Å². The van der Waals surface area contributed by atoms with Crippen LogP contribution in [0.1, 0.15) is 29.8 Å². The molecule has 3 heterocycles. The van der Waals surface area contributed by atoms with Crippen LogP contribution in [-0.4, -0.2) is 56.0 Å². The van der Waals surface area contributed by atoms with Gasteiger partial charge in [0, 0.05) is 51.2 Å². The fourth-order valence-electron chi connectivity index (χ4n) is 3.63. The zero-order chi connectivity index (χ0) is 22.7. The summed E-state index contributed by atoms with van der Waals surface area (Å²) in [6.07, 6.45) is 5.99. The Morgan fingerprint density at radius 1 is 1.12 bits per heavy atom. The van der Waals surface area contributed by atoms with Crippen LogP contribution in [0.25, 0.3) is 11.3 Å². The monoisotopic (exact) mass is 455 g/mol. The maximum absolute atomic E-state index is 13.1. The van der Waals surface area contributed by atoms with Gasteiger partial charge < -0.3 is 14.7 Å². The van der Waals surface area contributed by atoms with Crippen molar-refractivity contribution in [3.63, 3.8) is 0 Å². The maximum atomic E-state index is 13.1. The van der Waals surface area contributed by atoms with Crippen LogP contribution < -0.4 is 10.2 Å². The first-order valence-electron chi connectivity index (χ1n) is 10.4. The van der Waals surface area contributed by atoms with E-state index in [0.29, 0.717) is 35.8 Å².